The molecule has 11 heavy (non-hydrogen) atoms. The average Bonchev–Trinajstić information content (AvgIpc) is 2.07. The molecule has 0 bridgehead atoms. The number of nitrogens with one attached hydrogen (secondary N) is 2. The molecule has 0 aliphatic carbocycles. The molecule has 2 N–H and O–H groups in total. The molecule has 0 saturated carbocycles. The zero-order valence-electron chi connectivity index (χ0n) is 6.72. The van der Waals surface area contributed by atoms with Crippen LogP contribution in [0.1, 0.15) is 12.8 Å². The minimum absolute atomic E-state index is 0.0142. The number of carbonyl (C=O) groups excluding carboxylic acids is 1. The van der Waals surface area contributed by atoms with E-state index in [0.717, 1.165) is 25.9 Å². The van der Waals surface area contributed by atoms with Gasteiger partial charge in [0.1, 0.15) is 0 Å². The molecule has 0 spiro atoms. The van der Waals surface area contributed by atoms with Gasteiger partial charge in [-0.15, -0.1) is 0 Å². The van der Waals surface area contributed by atoms with Gasteiger partial charge in [0.2, 0.25) is 5.91 Å². The van der Waals surface area contributed by atoms with E-state index >= 15 is 0 Å². The van der Waals surface area contributed by atoms with E-state index in [-0.39, 0.29) is 11.8 Å². The van der Waals surface area contributed by atoms with Gasteiger partial charge in [-0.05, 0) is 19.4 Å². The van der Waals surface area contributed by atoms with E-state index in [4.69, 9.17) is 0 Å². The van der Waals surface area contributed by atoms with Gasteiger partial charge in [-0.3, -0.25) is 9.63 Å². The summed E-state index contributed by atoms with van der Waals surface area (Å²) in [5, 5.41) is 3.16. The SMILES string of the molecule is CONC(=O)C1CCCNC1. The van der Waals surface area contributed by atoms with E-state index in [1.165, 1.54) is 7.11 Å². The highest BCUT2D eigenvalue weighted by Gasteiger charge is 2.20. The van der Waals surface area contributed by atoms with Crippen molar-refractivity contribution in [1.29, 1.82) is 0 Å². The fourth-order valence-electron chi connectivity index (χ4n) is 1.26. The molecule has 1 rings (SSSR count). The van der Waals surface area contributed by atoms with Gasteiger partial charge in [-0.2, -0.15) is 0 Å². The van der Waals surface area contributed by atoms with Crippen LogP contribution in [0.15, 0.2) is 0 Å². The standard InChI is InChI=1S/C7H14N2O2/c1-11-9-7(10)6-3-2-4-8-5-6/h6,8H,2-5H2,1H3,(H,9,10). The third-order valence-corrected chi connectivity index (χ3v) is 1.87. The molecular weight excluding hydrogens is 144 g/mol. The Bertz CT molecular complexity index is 132. The number of hydrogen-bond donors (Lipinski definition) is 2. The summed E-state index contributed by atoms with van der Waals surface area (Å²) in [6.07, 6.45) is 2.03. The van der Waals surface area contributed by atoms with Crippen molar-refractivity contribution in [2.45, 2.75) is 12.8 Å². The van der Waals surface area contributed by atoms with Gasteiger partial charge in [0.25, 0.3) is 0 Å². The number of rotatable bonds is 2. The van der Waals surface area contributed by atoms with Crippen LogP contribution >= 0.6 is 0 Å². The van der Waals surface area contributed by atoms with Crippen LogP contribution in [0.3, 0.4) is 0 Å². The summed E-state index contributed by atoms with van der Waals surface area (Å²) in [6, 6.07) is 0. The molecule has 1 atom stereocenters. The van der Waals surface area contributed by atoms with Crippen LogP contribution < -0.4 is 10.8 Å². The van der Waals surface area contributed by atoms with Crippen LogP contribution in [-0.4, -0.2) is 26.1 Å². The van der Waals surface area contributed by atoms with Crippen molar-refractivity contribution in [2.75, 3.05) is 20.2 Å². The monoisotopic (exact) mass is 158 g/mol. The second-order valence-electron chi connectivity index (χ2n) is 2.71. The van der Waals surface area contributed by atoms with Crippen LogP contribution in [-0.2, 0) is 9.63 Å². The first-order valence-corrected chi connectivity index (χ1v) is 3.88. The third-order valence-electron chi connectivity index (χ3n) is 1.87. The van der Waals surface area contributed by atoms with Crippen molar-refractivity contribution in [1.82, 2.24) is 10.8 Å². The lowest BCUT2D eigenvalue weighted by Gasteiger charge is -2.20. The highest BCUT2D eigenvalue weighted by molar-refractivity contribution is 5.77. The zero-order valence-corrected chi connectivity index (χ0v) is 6.72. The van der Waals surface area contributed by atoms with Crippen molar-refractivity contribution in [3.63, 3.8) is 0 Å². The van der Waals surface area contributed by atoms with Crippen molar-refractivity contribution in [2.24, 2.45) is 5.92 Å². The molecule has 1 aliphatic heterocycles. The van der Waals surface area contributed by atoms with E-state index < -0.39 is 0 Å². The Morgan fingerprint density at radius 3 is 3.09 bits per heavy atom. The number of carbonyl (C=O) groups is 1. The lowest BCUT2D eigenvalue weighted by Crippen LogP contribution is -2.40. The van der Waals surface area contributed by atoms with Crippen molar-refractivity contribution in [3.8, 4) is 0 Å². The lowest BCUT2D eigenvalue weighted by atomic mass is 9.99. The topological polar surface area (TPSA) is 50.4 Å². The second-order valence-corrected chi connectivity index (χ2v) is 2.71. The number of amides is 1. The van der Waals surface area contributed by atoms with E-state index in [2.05, 4.69) is 15.6 Å². The third kappa shape index (κ3) is 2.48. The molecule has 0 aromatic carbocycles. The fraction of sp³-hybridized carbons (Fsp3) is 0.857. The first-order chi connectivity index (χ1) is 5.34. The zero-order chi connectivity index (χ0) is 8.10. The fourth-order valence-corrected chi connectivity index (χ4v) is 1.26. The molecule has 64 valence electrons. The molecule has 0 aromatic heterocycles. The van der Waals surface area contributed by atoms with Crippen LogP contribution in [0.5, 0.6) is 0 Å². The predicted octanol–water partition coefficient (Wildman–Crippen LogP) is -0.336. The molecule has 0 aromatic rings. The molecule has 1 heterocycles. The average molecular weight is 158 g/mol. The minimum Gasteiger partial charge on any atom is -0.316 e. The minimum atomic E-state index is -0.0142. The van der Waals surface area contributed by atoms with Crippen LogP contribution in [0.25, 0.3) is 0 Å². The predicted molar refractivity (Wildman–Crippen MR) is 40.7 cm³/mol. The molecule has 1 unspecified atom stereocenters. The number of hydrogen-bond acceptors (Lipinski definition) is 3. The van der Waals surface area contributed by atoms with E-state index in [1.807, 2.05) is 0 Å². The molecule has 0 radical (unpaired) electrons. The molecule has 1 aliphatic rings. The van der Waals surface area contributed by atoms with E-state index in [9.17, 15) is 4.79 Å². The normalized spacial score (nSPS) is 24.6. The Morgan fingerprint density at radius 2 is 2.55 bits per heavy atom. The summed E-state index contributed by atoms with van der Waals surface area (Å²) in [5.41, 5.74) is 2.34. The summed E-state index contributed by atoms with van der Waals surface area (Å²) in [6.45, 7) is 1.80. The van der Waals surface area contributed by atoms with Crippen molar-refractivity contribution >= 4 is 5.91 Å². The van der Waals surface area contributed by atoms with Gasteiger partial charge < -0.3 is 5.32 Å². The van der Waals surface area contributed by atoms with Gasteiger partial charge in [-0.1, -0.05) is 0 Å². The molecule has 4 heteroatoms. The summed E-state index contributed by atoms with van der Waals surface area (Å²) < 4.78 is 0. The Kier molecular flexibility index (Phi) is 3.32. The summed E-state index contributed by atoms with van der Waals surface area (Å²) in [4.78, 5) is 15.7. The Hall–Kier alpha value is -0.610. The molecular formula is C7H14N2O2. The molecule has 1 fully saturated rings. The lowest BCUT2D eigenvalue weighted by molar-refractivity contribution is -0.136. The number of hydroxylamine groups is 1. The van der Waals surface area contributed by atoms with E-state index in [1.54, 1.807) is 0 Å². The summed E-state index contributed by atoms with van der Waals surface area (Å²) >= 11 is 0. The Labute approximate surface area is 66.3 Å². The van der Waals surface area contributed by atoms with Crippen molar-refractivity contribution < 1.29 is 9.63 Å². The highest BCUT2D eigenvalue weighted by atomic mass is 16.6. The summed E-state index contributed by atoms with van der Waals surface area (Å²) in [7, 11) is 1.45. The maximum atomic E-state index is 11.1. The quantitative estimate of drug-likeness (QED) is 0.541. The number of piperidine rings is 1. The molecule has 1 amide bonds. The van der Waals surface area contributed by atoms with Crippen LogP contribution in [0, 0.1) is 5.92 Å². The largest absolute Gasteiger partial charge is 0.316 e. The van der Waals surface area contributed by atoms with Gasteiger partial charge in [-0.25, -0.2) is 5.48 Å². The highest BCUT2D eigenvalue weighted by Crippen LogP contribution is 2.09. The van der Waals surface area contributed by atoms with Gasteiger partial charge >= 0.3 is 0 Å². The van der Waals surface area contributed by atoms with Gasteiger partial charge in [0.15, 0.2) is 0 Å². The van der Waals surface area contributed by atoms with Gasteiger partial charge in [0.05, 0.1) is 13.0 Å². The first-order valence-electron chi connectivity index (χ1n) is 3.88. The Morgan fingerprint density at radius 1 is 1.73 bits per heavy atom. The summed E-state index contributed by atoms with van der Waals surface area (Å²) in [5.74, 6) is 0.0726. The first kappa shape index (κ1) is 8.49. The van der Waals surface area contributed by atoms with Crippen molar-refractivity contribution in [3.05, 3.63) is 0 Å². The Balaban J connectivity index is 2.27. The second kappa shape index (κ2) is 4.31. The smallest absolute Gasteiger partial charge is 0.247 e. The van der Waals surface area contributed by atoms with Crippen LogP contribution in [0.2, 0.25) is 0 Å². The molecule has 1 saturated heterocycles. The maximum Gasteiger partial charge on any atom is 0.247 e. The maximum absolute atomic E-state index is 11.1. The van der Waals surface area contributed by atoms with E-state index in [0.29, 0.717) is 0 Å². The van der Waals surface area contributed by atoms with Crippen LogP contribution in [0.4, 0.5) is 0 Å². The van der Waals surface area contributed by atoms with Gasteiger partial charge in [0, 0.05) is 6.54 Å². The molecule has 4 nitrogen and oxygen atoms in total.